The Morgan fingerprint density at radius 2 is 1.91 bits per heavy atom. The summed E-state index contributed by atoms with van der Waals surface area (Å²) in [6.07, 6.45) is 1.78. The quantitative estimate of drug-likeness (QED) is 0.857. The third-order valence-electron chi connectivity index (χ3n) is 4.34. The zero-order valence-corrected chi connectivity index (χ0v) is 14.6. The van der Waals surface area contributed by atoms with Crippen molar-refractivity contribution >= 4 is 5.91 Å². The van der Waals surface area contributed by atoms with Crippen molar-refractivity contribution in [2.24, 2.45) is 5.92 Å². The van der Waals surface area contributed by atoms with Crippen LogP contribution in [0.4, 0.5) is 0 Å². The van der Waals surface area contributed by atoms with E-state index in [0.717, 1.165) is 31.8 Å². The van der Waals surface area contributed by atoms with Crippen LogP contribution in [-0.2, 0) is 10.2 Å². The van der Waals surface area contributed by atoms with Gasteiger partial charge in [0, 0.05) is 25.4 Å². The first-order valence-electron chi connectivity index (χ1n) is 7.99. The van der Waals surface area contributed by atoms with Gasteiger partial charge in [0.1, 0.15) is 0 Å². The monoisotopic (exact) mass is 308 g/mol. The van der Waals surface area contributed by atoms with E-state index < -0.39 is 0 Å². The van der Waals surface area contributed by atoms with E-state index in [1.165, 1.54) is 0 Å². The second-order valence-corrected chi connectivity index (χ2v) is 7.43. The molecule has 1 atom stereocenters. The second-order valence-electron chi connectivity index (χ2n) is 7.43. The molecule has 0 N–H and O–H groups in total. The van der Waals surface area contributed by atoms with Crippen LogP contribution in [0.2, 0.25) is 0 Å². The average Bonchev–Trinajstić information content (AvgIpc) is 2.95. The Kier molecular flexibility index (Phi) is 4.90. The molecule has 1 fully saturated rings. The third kappa shape index (κ3) is 3.66. The van der Waals surface area contributed by atoms with Crippen LogP contribution in [-0.4, -0.2) is 53.0 Å². The number of amides is 1. The normalized spacial score (nSPS) is 19.2. The standard InChI is InChI=1S/C16H28N4O2/c1-11(13-17-15(18-22-13)16(2,3)4)20-9-7-12(8-10-20)14(21)19(5)6/h11-12H,7-10H2,1-6H3/t11-/m0/s1. The number of carbonyl (C=O) groups is 1. The number of rotatable bonds is 3. The van der Waals surface area contributed by atoms with E-state index in [1.807, 2.05) is 14.1 Å². The average molecular weight is 308 g/mol. The number of piperidine rings is 1. The van der Waals surface area contributed by atoms with Crippen LogP contribution >= 0.6 is 0 Å². The zero-order chi connectivity index (χ0) is 16.5. The Hall–Kier alpha value is -1.43. The van der Waals surface area contributed by atoms with Gasteiger partial charge >= 0.3 is 0 Å². The fourth-order valence-corrected chi connectivity index (χ4v) is 2.76. The van der Waals surface area contributed by atoms with Gasteiger partial charge < -0.3 is 9.42 Å². The van der Waals surface area contributed by atoms with E-state index in [2.05, 4.69) is 42.7 Å². The van der Waals surface area contributed by atoms with E-state index in [9.17, 15) is 4.79 Å². The Morgan fingerprint density at radius 1 is 1.32 bits per heavy atom. The fourth-order valence-electron chi connectivity index (χ4n) is 2.76. The lowest BCUT2D eigenvalue weighted by atomic mass is 9.94. The zero-order valence-electron chi connectivity index (χ0n) is 14.6. The largest absolute Gasteiger partial charge is 0.349 e. The third-order valence-corrected chi connectivity index (χ3v) is 4.34. The number of aromatic nitrogens is 2. The predicted molar refractivity (Wildman–Crippen MR) is 84.4 cm³/mol. The molecule has 1 aromatic heterocycles. The van der Waals surface area contributed by atoms with E-state index in [0.29, 0.717) is 5.89 Å². The lowest BCUT2D eigenvalue weighted by Crippen LogP contribution is -2.41. The maximum Gasteiger partial charge on any atom is 0.243 e. The molecular weight excluding hydrogens is 280 g/mol. The first-order chi connectivity index (χ1) is 10.2. The number of hydrogen-bond acceptors (Lipinski definition) is 5. The van der Waals surface area contributed by atoms with Crippen LogP contribution in [0.3, 0.4) is 0 Å². The van der Waals surface area contributed by atoms with Crippen LogP contribution < -0.4 is 0 Å². The molecule has 124 valence electrons. The summed E-state index contributed by atoms with van der Waals surface area (Å²) < 4.78 is 5.44. The van der Waals surface area contributed by atoms with Crippen LogP contribution in [0.5, 0.6) is 0 Å². The molecule has 2 rings (SSSR count). The Balaban J connectivity index is 1.96. The molecule has 0 radical (unpaired) electrons. The van der Waals surface area contributed by atoms with Crippen molar-refractivity contribution in [3.8, 4) is 0 Å². The lowest BCUT2D eigenvalue weighted by Gasteiger charge is -2.34. The highest BCUT2D eigenvalue weighted by molar-refractivity contribution is 5.78. The molecule has 0 unspecified atom stereocenters. The van der Waals surface area contributed by atoms with E-state index >= 15 is 0 Å². The number of hydrogen-bond donors (Lipinski definition) is 0. The van der Waals surface area contributed by atoms with Gasteiger partial charge in [0.05, 0.1) is 6.04 Å². The van der Waals surface area contributed by atoms with Gasteiger partial charge in [0.25, 0.3) is 0 Å². The van der Waals surface area contributed by atoms with Crippen molar-refractivity contribution in [3.63, 3.8) is 0 Å². The van der Waals surface area contributed by atoms with Gasteiger partial charge in [0.15, 0.2) is 5.82 Å². The summed E-state index contributed by atoms with van der Waals surface area (Å²) in [5.74, 6) is 1.79. The molecule has 1 amide bonds. The van der Waals surface area contributed by atoms with Crippen molar-refractivity contribution in [3.05, 3.63) is 11.7 Å². The Morgan fingerprint density at radius 3 is 2.36 bits per heavy atom. The molecule has 0 bridgehead atoms. The molecule has 6 heteroatoms. The molecule has 1 aliphatic rings. The van der Waals surface area contributed by atoms with E-state index in [1.54, 1.807) is 4.90 Å². The first-order valence-corrected chi connectivity index (χ1v) is 7.99. The number of carbonyl (C=O) groups excluding carboxylic acids is 1. The SMILES string of the molecule is C[C@@H](c1nc(C(C)(C)C)no1)N1CCC(C(=O)N(C)C)CC1. The molecule has 6 nitrogen and oxygen atoms in total. The van der Waals surface area contributed by atoms with Gasteiger partial charge in [-0.2, -0.15) is 4.98 Å². The molecule has 1 aromatic rings. The fraction of sp³-hybridized carbons (Fsp3) is 0.812. The summed E-state index contributed by atoms with van der Waals surface area (Å²) in [6.45, 7) is 10.1. The molecular formula is C16H28N4O2. The summed E-state index contributed by atoms with van der Waals surface area (Å²) in [6, 6.07) is 0.0963. The van der Waals surface area contributed by atoms with Crippen LogP contribution in [0, 0.1) is 5.92 Å². The van der Waals surface area contributed by atoms with Crippen LogP contribution in [0.1, 0.15) is 58.3 Å². The van der Waals surface area contributed by atoms with Gasteiger partial charge in [0.2, 0.25) is 11.8 Å². The highest BCUT2D eigenvalue weighted by atomic mass is 16.5. The minimum Gasteiger partial charge on any atom is -0.349 e. The van der Waals surface area contributed by atoms with Crippen molar-refractivity contribution in [1.29, 1.82) is 0 Å². The van der Waals surface area contributed by atoms with Crippen molar-refractivity contribution in [2.75, 3.05) is 27.2 Å². The molecule has 2 heterocycles. The molecule has 0 saturated carbocycles. The second kappa shape index (κ2) is 6.36. The molecule has 1 saturated heterocycles. The lowest BCUT2D eigenvalue weighted by molar-refractivity contribution is -0.134. The Labute approximate surface area is 132 Å². The van der Waals surface area contributed by atoms with Gasteiger partial charge in [-0.05, 0) is 32.9 Å². The predicted octanol–water partition coefficient (Wildman–Crippen LogP) is 2.23. The summed E-state index contributed by atoms with van der Waals surface area (Å²) in [5, 5.41) is 4.10. The minimum atomic E-state index is -0.105. The van der Waals surface area contributed by atoms with Crippen molar-refractivity contribution < 1.29 is 9.32 Å². The minimum absolute atomic E-state index is 0.0963. The van der Waals surface area contributed by atoms with Crippen LogP contribution in [0.25, 0.3) is 0 Å². The Bertz CT molecular complexity index is 510. The highest BCUT2D eigenvalue weighted by Gasteiger charge is 2.31. The maximum atomic E-state index is 12.0. The van der Waals surface area contributed by atoms with Gasteiger partial charge in [-0.1, -0.05) is 25.9 Å². The van der Waals surface area contributed by atoms with E-state index in [-0.39, 0.29) is 23.3 Å². The molecule has 0 spiro atoms. The first kappa shape index (κ1) is 16.9. The summed E-state index contributed by atoms with van der Waals surface area (Å²) in [7, 11) is 3.65. The number of nitrogens with zero attached hydrogens (tertiary/aromatic N) is 4. The highest BCUT2D eigenvalue weighted by Crippen LogP contribution is 2.28. The van der Waals surface area contributed by atoms with Crippen molar-refractivity contribution in [2.45, 2.75) is 52.0 Å². The van der Waals surface area contributed by atoms with Gasteiger partial charge in [-0.15, -0.1) is 0 Å². The summed E-state index contributed by atoms with van der Waals surface area (Å²) >= 11 is 0. The smallest absolute Gasteiger partial charge is 0.243 e. The summed E-state index contributed by atoms with van der Waals surface area (Å²) in [5.41, 5.74) is -0.105. The molecule has 0 aromatic carbocycles. The maximum absolute atomic E-state index is 12.0. The molecule has 1 aliphatic heterocycles. The van der Waals surface area contributed by atoms with Gasteiger partial charge in [-0.3, -0.25) is 9.69 Å². The van der Waals surface area contributed by atoms with Crippen molar-refractivity contribution in [1.82, 2.24) is 19.9 Å². The van der Waals surface area contributed by atoms with Crippen LogP contribution in [0.15, 0.2) is 4.52 Å². The molecule has 22 heavy (non-hydrogen) atoms. The van der Waals surface area contributed by atoms with E-state index in [4.69, 9.17) is 4.52 Å². The summed E-state index contributed by atoms with van der Waals surface area (Å²) in [4.78, 5) is 20.6. The number of likely N-dealkylation sites (tertiary alicyclic amines) is 1. The topological polar surface area (TPSA) is 62.5 Å². The van der Waals surface area contributed by atoms with Gasteiger partial charge in [-0.25, -0.2) is 0 Å². The molecule has 0 aliphatic carbocycles.